The Kier molecular flexibility index (Phi) is 5.59. The lowest BCUT2D eigenvalue weighted by atomic mass is 10.1. The standard InChI is InChI=1S/C23H20ClNO5/c1-2-13-9-20-18(11-19(13)24)16(10-21(26)30-20)12-29-23(28)15-5-7-17(8-6-15)25-22(27)14-3-4-14/h5-11,14H,2-4,12H2,1H3,(H,25,27). The first-order valence-corrected chi connectivity index (χ1v) is 10.2. The van der Waals surface area contributed by atoms with Gasteiger partial charge in [-0.25, -0.2) is 9.59 Å². The fraction of sp³-hybridized carbons (Fsp3) is 0.261. The highest BCUT2D eigenvalue weighted by atomic mass is 35.5. The summed E-state index contributed by atoms with van der Waals surface area (Å²) in [4.78, 5) is 36.1. The third-order valence-electron chi connectivity index (χ3n) is 5.07. The van der Waals surface area contributed by atoms with E-state index < -0.39 is 11.6 Å². The summed E-state index contributed by atoms with van der Waals surface area (Å²) in [6.45, 7) is 1.86. The highest BCUT2D eigenvalue weighted by Crippen LogP contribution is 2.30. The van der Waals surface area contributed by atoms with Crippen molar-refractivity contribution in [2.45, 2.75) is 32.8 Å². The third kappa shape index (κ3) is 4.39. The summed E-state index contributed by atoms with van der Waals surface area (Å²) in [5, 5.41) is 4.01. The van der Waals surface area contributed by atoms with E-state index in [4.69, 9.17) is 20.8 Å². The van der Waals surface area contributed by atoms with Crippen molar-refractivity contribution in [3.05, 3.63) is 74.6 Å². The molecule has 1 N–H and O–H groups in total. The number of fused-ring (bicyclic) bond motifs is 1. The first-order valence-electron chi connectivity index (χ1n) is 9.78. The Morgan fingerprint density at radius 1 is 1.13 bits per heavy atom. The van der Waals surface area contributed by atoms with Crippen molar-refractivity contribution in [2.75, 3.05) is 5.32 Å². The summed E-state index contributed by atoms with van der Waals surface area (Å²) in [6.07, 6.45) is 2.55. The number of esters is 1. The molecule has 0 radical (unpaired) electrons. The second-order valence-electron chi connectivity index (χ2n) is 7.30. The van der Waals surface area contributed by atoms with Gasteiger partial charge in [0.1, 0.15) is 12.2 Å². The number of benzene rings is 2. The van der Waals surface area contributed by atoms with E-state index in [0.717, 1.165) is 18.4 Å². The molecule has 6 nitrogen and oxygen atoms in total. The molecule has 1 heterocycles. The molecule has 0 spiro atoms. The van der Waals surface area contributed by atoms with Gasteiger partial charge in [0.25, 0.3) is 0 Å². The quantitative estimate of drug-likeness (QED) is 0.456. The summed E-state index contributed by atoms with van der Waals surface area (Å²) in [7, 11) is 0. The molecular formula is C23H20ClNO5. The summed E-state index contributed by atoms with van der Waals surface area (Å²) < 4.78 is 10.7. The fourth-order valence-electron chi connectivity index (χ4n) is 3.19. The molecule has 0 aliphatic heterocycles. The van der Waals surface area contributed by atoms with Gasteiger partial charge in [-0.3, -0.25) is 4.79 Å². The molecule has 1 fully saturated rings. The lowest BCUT2D eigenvalue weighted by Crippen LogP contribution is -2.13. The van der Waals surface area contributed by atoms with E-state index in [-0.39, 0.29) is 18.4 Å². The molecular weight excluding hydrogens is 406 g/mol. The van der Waals surface area contributed by atoms with E-state index in [0.29, 0.717) is 39.2 Å². The SMILES string of the molecule is CCc1cc2oc(=O)cc(COC(=O)c3ccc(NC(=O)C4CC4)cc3)c2cc1Cl. The molecule has 1 aliphatic carbocycles. The van der Waals surface area contributed by atoms with E-state index in [2.05, 4.69) is 5.32 Å². The van der Waals surface area contributed by atoms with Gasteiger partial charge in [0, 0.05) is 33.6 Å². The van der Waals surface area contributed by atoms with Crippen LogP contribution >= 0.6 is 11.6 Å². The molecule has 0 unspecified atom stereocenters. The predicted molar refractivity (Wildman–Crippen MR) is 114 cm³/mol. The summed E-state index contributed by atoms with van der Waals surface area (Å²) in [5.74, 6) is -0.423. The minimum atomic E-state index is -0.535. The molecule has 3 aromatic rings. The van der Waals surface area contributed by atoms with Crippen LogP contribution in [0.15, 0.2) is 51.7 Å². The maximum absolute atomic E-state index is 12.4. The van der Waals surface area contributed by atoms with Crippen molar-refractivity contribution in [1.82, 2.24) is 0 Å². The van der Waals surface area contributed by atoms with Crippen LogP contribution in [-0.4, -0.2) is 11.9 Å². The molecule has 154 valence electrons. The van der Waals surface area contributed by atoms with Gasteiger partial charge < -0.3 is 14.5 Å². The number of hydrogen-bond donors (Lipinski definition) is 1. The van der Waals surface area contributed by atoms with Crippen molar-refractivity contribution < 1.29 is 18.7 Å². The Morgan fingerprint density at radius 2 is 1.87 bits per heavy atom. The van der Waals surface area contributed by atoms with Crippen LogP contribution in [0.3, 0.4) is 0 Å². The Bertz CT molecular complexity index is 1180. The average molecular weight is 426 g/mol. The van der Waals surface area contributed by atoms with Crippen LogP contribution in [0.4, 0.5) is 5.69 Å². The zero-order chi connectivity index (χ0) is 21.3. The van der Waals surface area contributed by atoms with Gasteiger partial charge in [0.05, 0.1) is 5.56 Å². The topological polar surface area (TPSA) is 85.6 Å². The van der Waals surface area contributed by atoms with Crippen LogP contribution in [0.2, 0.25) is 5.02 Å². The first kappa shape index (κ1) is 20.2. The van der Waals surface area contributed by atoms with E-state index in [9.17, 15) is 14.4 Å². The number of rotatable bonds is 6. The number of carbonyl (C=O) groups excluding carboxylic acids is 2. The fourth-order valence-corrected chi connectivity index (χ4v) is 3.48. The number of ether oxygens (including phenoxy) is 1. The molecule has 1 aliphatic rings. The number of aryl methyl sites for hydroxylation is 1. The molecule has 7 heteroatoms. The number of amides is 1. The van der Waals surface area contributed by atoms with Crippen LogP contribution in [0, 0.1) is 5.92 Å². The van der Waals surface area contributed by atoms with Crippen molar-refractivity contribution in [3.8, 4) is 0 Å². The van der Waals surface area contributed by atoms with Gasteiger partial charge in [0.2, 0.25) is 5.91 Å². The smallest absolute Gasteiger partial charge is 0.338 e. The van der Waals surface area contributed by atoms with E-state index in [1.54, 1.807) is 36.4 Å². The van der Waals surface area contributed by atoms with E-state index in [1.165, 1.54) is 6.07 Å². The molecule has 2 aromatic carbocycles. The lowest BCUT2D eigenvalue weighted by Gasteiger charge is -2.10. The summed E-state index contributed by atoms with van der Waals surface area (Å²) in [5.41, 5.74) is 2.26. The maximum Gasteiger partial charge on any atom is 0.338 e. The molecule has 1 aromatic heterocycles. The van der Waals surface area contributed by atoms with Crippen LogP contribution in [0.25, 0.3) is 11.0 Å². The number of hydrogen-bond acceptors (Lipinski definition) is 5. The van der Waals surface area contributed by atoms with Gasteiger partial charge >= 0.3 is 11.6 Å². The van der Waals surface area contributed by atoms with Crippen LogP contribution in [-0.2, 0) is 22.6 Å². The molecule has 0 bridgehead atoms. The molecule has 30 heavy (non-hydrogen) atoms. The van der Waals surface area contributed by atoms with Gasteiger partial charge in [-0.15, -0.1) is 0 Å². The van der Waals surface area contributed by atoms with Crippen molar-refractivity contribution in [2.24, 2.45) is 5.92 Å². The zero-order valence-corrected chi connectivity index (χ0v) is 17.1. The second kappa shape index (κ2) is 8.32. The van der Waals surface area contributed by atoms with Crippen molar-refractivity contribution >= 4 is 40.1 Å². The number of carbonyl (C=O) groups is 2. The summed E-state index contributed by atoms with van der Waals surface area (Å²) >= 11 is 6.29. The zero-order valence-electron chi connectivity index (χ0n) is 16.4. The van der Waals surface area contributed by atoms with Gasteiger partial charge in [0.15, 0.2) is 0 Å². The predicted octanol–water partition coefficient (Wildman–Crippen LogP) is 4.71. The number of nitrogens with one attached hydrogen (secondary N) is 1. The number of halogens is 1. The van der Waals surface area contributed by atoms with E-state index in [1.807, 2.05) is 6.92 Å². The van der Waals surface area contributed by atoms with Crippen LogP contribution in [0.5, 0.6) is 0 Å². The Hall–Kier alpha value is -3.12. The highest BCUT2D eigenvalue weighted by Gasteiger charge is 2.29. The maximum atomic E-state index is 12.4. The highest BCUT2D eigenvalue weighted by molar-refractivity contribution is 6.32. The minimum absolute atomic E-state index is 0.00463. The Labute approximate surface area is 177 Å². The lowest BCUT2D eigenvalue weighted by molar-refractivity contribution is -0.117. The normalized spacial score (nSPS) is 13.3. The molecule has 1 saturated carbocycles. The molecule has 4 rings (SSSR count). The number of anilines is 1. The molecule has 0 saturated heterocycles. The Morgan fingerprint density at radius 3 is 2.53 bits per heavy atom. The Balaban J connectivity index is 1.48. The van der Waals surface area contributed by atoms with Crippen molar-refractivity contribution in [1.29, 1.82) is 0 Å². The minimum Gasteiger partial charge on any atom is -0.457 e. The van der Waals surface area contributed by atoms with Crippen LogP contribution < -0.4 is 10.9 Å². The average Bonchev–Trinajstić information content (AvgIpc) is 3.58. The van der Waals surface area contributed by atoms with Crippen LogP contribution in [0.1, 0.15) is 41.3 Å². The van der Waals surface area contributed by atoms with Gasteiger partial charge in [-0.1, -0.05) is 18.5 Å². The summed E-state index contributed by atoms with van der Waals surface area (Å²) in [6, 6.07) is 11.3. The second-order valence-corrected chi connectivity index (χ2v) is 7.71. The van der Waals surface area contributed by atoms with Gasteiger partial charge in [-0.2, -0.15) is 0 Å². The van der Waals surface area contributed by atoms with Gasteiger partial charge in [-0.05, 0) is 61.2 Å². The largest absolute Gasteiger partial charge is 0.457 e. The van der Waals surface area contributed by atoms with E-state index >= 15 is 0 Å². The monoisotopic (exact) mass is 425 g/mol. The molecule has 0 atom stereocenters. The van der Waals surface area contributed by atoms with Crippen molar-refractivity contribution in [3.63, 3.8) is 0 Å². The third-order valence-corrected chi connectivity index (χ3v) is 5.42. The first-order chi connectivity index (χ1) is 14.4. The molecule has 1 amide bonds.